The SMILES string of the molecule is Cc1cccc2c1N(CC(=O)N1CC3CCC(CC3)C1)C(=O)[C@@H](N)N=C2CN(C)C. The molecule has 2 N–H and O–H groups in total. The van der Waals surface area contributed by atoms with Crippen molar-refractivity contribution in [1.29, 1.82) is 0 Å². The molecule has 1 saturated carbocycles. The van der Waals surface area contributed by atoms with Gasteiger partial charge in [0.1, 0.15) is 6.54 Å². The van der Waals surface area contributed by atoms with E-state index in [2.05, 4.69) is 4.99 Å². The van der Waals surface area contributed by atoms with Crippen LogP contribution in [0.15, 0.2) is 23.2 Å². The highest BCUT2D eigenvalue weighted by Gasteiger charge is 2.36. The minimum absolute atomic E-state index is 0.0135. The average molecular weight is 412 g/mol. The molecule has 162 valence electrons. The topological polar surface area (TPSA) is 82.2 Å². The summed E-state index contributed by atoms with van der Waals surface area (Å²) in [6.45, 7) is 4.20. The van der Waals surface area contributed by atoms with E-state index >= 15 is 0 Å². The Morgan fingerprint density at radius 3 is 2.40 bits per heavy atom. The Kier molecular flexibility index (Phi) is 5.93. The number of hydrogen-bond acceptors (Lipinski definition) is 5. The molecule has 7 nitrogen and oxygen atoms in total. The summed E-state index contributed by atoms with van der Waals surface area (Å²) in [5.41, 5.74) is 9.55. The first-order valence-electron chi connectivity index (χ1n) is 11.0. The van der Waals surface area contributed by atoms with Gasteiger partial charge in [-0.1, -0.05) is 18.2 Å². The Bertz CT molecular complexity index is 843. The van der Waals surface area contributed by atoms with Crippen LogP contribution in [-0.4, -0.2) is 73.8 Å². The molecule has 2 bridgehead atoms. The molecular weight excluding hydrogens is 378 g/mol. The summed E-state index contributed by atoms with van der Waals surface area (Å²) in [6.07, 6.45) is 3.86. The van der Waals surface area contributed by atoms with E-state index in [-0.39, 0.29) is 18.4 Å². The van der Waals surface area contributed by atoms with Crippen LogP contribution in [0.2, 0.25) is 0 Å². The van der Waals surface area contributed by atoms with Gasteiger partial charge in [0.2, 0.25) is 5.91 Å². The third-order valence-corrected chi connectivity index (χ3v) is 6.67. The first-order chi connectivity index (χ1) is 14.3. The molecular formula is C23H33N5O2. The number of anilines is 1. The van der Waals surface area contributed by atoms with E-state index in [0.717, 1.165) is 35.6 Å². The fourth-order valence-corrected chi connectivity index (χ4v) is 5.13. The van der Waals surface area contributed by atoms with Crippen LogP contribution in [0.4, 0.5) is 5.69 Å². The fourth-order valence-electron chi connectivity index (χ4n) is 5.13. The number of carbonyl (C=O) groups is 2. The molecule has 1 aromatic carbocycles. The second-order valence-electron chi connectivity index (χ2n) is 9.34. The van der Waals surface area contributed by atoms with Crippen LogP contribution in [0.1, 0.15) is 36.8 Å². The Morgan fingerprint density at radius 2 is 1.80 bits per heavy atom. The minimum atomic E-state index is -1.00. The van der Waals surface area contributed by atoms with Crippen molar-refractivity contribution in [1.82, 2.24) is 9.80 Å². The molecule has 0 spiro atoms. The van der Waals surface area contributed by atoms with Gasteiger partial charge in [0.25, 0.3) is 5.91 Å². The zero-order valence-corrected chi connectivity index (χ0v) is 18.3. The molecule has 0 radical (unpaired) electrons. The highest BCUT2D eigenvalue weighted by molar-refractivity contribution is 6.15. The van der Waals surface area contributed by atoms with Crippen molar-refractivity contribution in [2.75, 3.05) is 45.2 Å². The fraction of sp³-hybridized carbons (Fsp3) is 0.609. The van der Waals surface area contributed by atoms with Crippen LogP contribution in [-0.2, 0) is 9.59 Å². The second-order valence-corrected chi connectivity index (χ2v) is 9.34. The predicted octanol–water partition coefficient (Wildman–Crippen LogP) is 1.63. The number of benzene rings is 1. The van der Waals surface area contributed by atoms with E-state index in [9.17, 15) is 9.59 Å². The number of carbonyl (C=O) groups excluding carboxylic acids is 2. The van der Waals surface area contributed by atoms with Crippen LogP contribution >= 0.6 is 0 Å². The minimum Gasteiger partial charge on any atom is -0.341 e. The number of amides is 2. The van der Waals surface area contributed by atoms with Gasteiger partial charge in [0.05, 0.1) is 11.4 Å². The summed E-state index contributed by atoms with van der Waals surface area (Å²) in [5.74, 6) is 0.891. The van der Waals surface area contributed by atoms with Gasteiger partial charge in [-0.25, -0.2) is 0 Å². The molecule has 4 aliphatic rings. The summed E-state index contributed by atoms with van der Waals surface area (Å²) >= 11 is 0. The zero-order chi connectivity index (χ0) is 21.4. The number of rotatable bonds is 4. The van der Waals surface area contributed by atoms with E-state index < -0.39 is 6.17 Å². The molecule has 2 amide bonds. The van der Waals surface area contributed by atoms with E-state index in [1.165, 1.54) is 25.7 Å². The molecule has 30 heavy (non-hydrogen) atoms. The third-order valence-electron chi connectivity index (χ3n) is 6.67. The van der Waals surface area contributed by atoms with Gasteiger partial charge in [0.15, 0.2) is 6.17 Å². The quantitative estimate of drug-likeness (QED) is 0.816. The predicted molar refractivity (Wildman–Crippen MR) is 119 cm³/mol. The van der Waals surface area contributed by atoms with Gasteiger partial charge < -0.3 is 15.5 Å². The van der Waals surface area contributed by atoms with Gasteiger partial charge in [-0.05, 0) is 64.1 Å². The van der Waals surface area contributed by atoms with Gasteiger partial charge in [-0.15, -0.1) is 0 Å². The average Bonchev–Trinajstić information content (AvgIpc) is 3.08. The number of aryl methyl sites for hydroxylation is 1. The number of para-hydroxylation sites is 1. The van der Waals surface area contributed by atoms with Crippen molar-refractivity contribution in [2.24, 2.45) is 22.6 Å². The van der Waals surface area contributed by atoms with Crippen LogP contribution in [0.5, 0.6) is 0 Å². The first kappa shape index (κ1) is 21.0. The molecule has 7 heteroatoms. The van der Waals surface area contributed by atoms with Crippen LogP contribution in [0.3, 0.4) is 0 Å². The standard InChI is InChI=1S/C23H33N5O2/c1-15-5-4-6-18-19(13-26(2)3)25-22(24)23(30)28(21(15)18)14-20(29)27-11-16-7-8-17(12-27)10-9-16/h4-6,16-17,22H,7-14,24H2,1-3H3/t16?,17?,22-/m0/s1. The number of nitrogens with zero attached hydrogens (tertiary/aromatic N) is 4. The normalized spacial score (nSPS) is 26.4. The van der Waals surface area contributed by atoms with Crippen molar-refractivity contribution >= 4 is 23.2 Å². The number of benzodiazepines with no additional fused rings is 1. The van der Waals surface area contributed by atoms with Gasteiger partial charge >= 0.3 is 0 Å². The lowest BCUT2D eigenvalue weighted by Gasteiger charge is -2.29. The highest BCUT2D eigenvalue weighted by atomic mass is 16.2. The molecule has 1 aliphatic carbocycles. The number of nitrogens with two attached hydrogens (primary N) is 1. The van der Waals surface area contributed by atoms with Gasteiger partial charge in [-0.3, -0.25) is 19.5 Å². The highest BCUT2D eigenvalue weighted by Crippen LogP contribution is 2.34. The summed E-state index contributed by atoms with van der Waals surface area (Å²) in [7, 11) is 3.93. The molecule has 5 rings (SSSR count). The first-order valence-corrected chi connectivity index (χ1v) is 11.0. The van der Waals surface area contributed by atoms with Crippen molar-refractivity contribution in [3.05, 3.63) is 29.3 Å². The second kappa shape index (κ2) is 8.47. The van der Waals surface area contributed by atoms with Crippen molar-refractivity contribution in [3.63, 3.8) is 0 Å². The van der Waals surface area contributed by atoms with Crippen molar-refractivity contribution in [2.45, 2.75) is 38.8 Å². The summed E-state index contributed by atoms with van der Waals surface area (Å²) in [4.78, 5) is 36.7. The van der Waals surface area contributed by atoms with Crippen LogP contribution in [0, 0.1) is 18.8 Å². The molecule has 2 saturated heterocycles. The monoisotopic (exact) mass is 411 g/mol. The van der Waals surface area contributed by atoms with Crippen LogP contribution < -0.4 is 10.6 Å². The van der Waals surface area contributed by atoms with E-state index in [4.69, 9.17) is 5.73 Å². The molecule has 1 atom stereocenters. The molecule has 0 aromatic heterocycles. The molecule has 3 heterocycles. The molecule has 0 unspecified atom stereocenters. The third kappa shape index (κ3) is 4.14. The van der Waals surface area contributed by atoms with Crippen molar-refractivity contribution < 1.29 is 9.59 Å². The van der Waals surface area contributed by atoms with Gasteiger partial charge in [-0.2, -0.15) is 0 Å². The lowest BCUT2D eigenvalue weighted by atomic mass is 9.84. The maximum Gasteiger partial charge on any atom is 0.266 e. The smallest absolute Gasteiger partial charge is 0.266 e. The summed E-state index contributed by atoms with van der Waals surface area (Å²) < 4.78 is 0. The molecule has 3 aliphatic heterocycles. The molecule has 3 fully saturated rings. The van der Waals surface area contributed by atoms with Crippen LogP contribution in [0.25, 0.3) is 0 Å². The Balaban J connectivity index is 1.65. The van der Waals surface area contributed by atoms with E-state index in [0.29, 0.717) is 18.4 Å². The Labute approximate surface area is 178 Å². The number of likely N-dealkylation sites (N-methyl/N-ethyl adjacent to an activating group) is 1. The Morgan fingerprint density at radius 1 is 1.17 bits per heavy atom. The summed E-state index contributed by atoms with van der Waals surface area (Å²) in [5, 5.41) is 0. The maximum atomic E-state index is 13.3. The molecule has 1 aromatic rings. The Hall–Kier alpha value is -2.25. The lowest BCUT2D eigenvalue weighted by Crippen LogP contribution is -2.49. The number of aliphatic imine (C=N–C) groups is 1. The maximum absolute atomic E-state index is 13.3. The number of fused-ring (bicyclic) bond motifs is 5. The van der Waals surface area contributed by atoms with E-state index in [1.807, 2.05) is 49.0 Å². The zero-order valence-electron chi connectivity index (χ0n) is 18.3. The van der Waals surface area contributed by atoms with Crippen molar-refractivity contribution in [3.8, 4) is 0 Å². The van der Waals surface area contributed by atoms with Gasteiger partial charge in [0, 0.05) is 25.2 Å². The largest absolute Gasteiger partial charge is 0.341 e. The summed E-state index contributed by atoms with van der Waals surface area (Å²) in [6, 6.07) is 5.91. The lowest BCUT2D eigenvalue weighted by molar-refractivity contribution is -0.132. The van der Waals surface area contributed by atoms with E-state index in [1.54, 1.807) is 4.90 Å². The number of hydrogen-bond donors (Lipinski definition) is 1.